The Morgan fingerprint density at radius 1 is 1.35 bits per heavy atom. The van der Waals surface area contributed by atoms with E-state index in [1.165, 1.54) is 0 Å². The molecule has 1 saturated heterocycles. The first-order valence-corrected chi connectivity index (χ1v) is 6.76. The Morgan fingerprint density at radius 2 is 2.05 bits per heavy atom. The summed E-state index contributed by atoms with van der Waals surface area (Å²) < 4.78 is 10.3. The van der Waals surface area contributed by atoms with Gasteiger partial charge in [-0.25, -0.2) is 4.79 Å². The summed E-state index contributed by atoms with van der Waals surface area (Å²) in [6, 6.07) is 7.42. The number of esters is 1. The predicted octanol–water partition coefficient (Wildman–Crippen LogP) is 2.04. The van der Waals surface area contributed by atoms with Crippen molar-refractivity contribution in [2.45, 2.75) is 38.9 Å². The lowest BCUT2D eigenvalue weighted by Gasteiger charge is -2.16. The van der Waals surface area contributed by atoms with Gasteiger partial charge in [0, 0.05) is 12.3 Å². The highest BCUT2D eigenvalue weighted by atomic mass is 16.6. The van der Waals surface area contributed by atoms with Crippen molar-refractivity contribution >= 4 is 17.6 Å². The van der Waals surface area contributed by atoms with E-state index in [-0.39, 0.29) is 5.91 Å². The number of amides is 1. The van der Waals surface area contributed by atoms with Gasteiger partial charge in [0.05, 0.1) is 0 Å². The fourth-order valence-corrected chi connectivity index (χ4v) is 1.95. The quantitative estimate of drug-likeness (QED) is 0.855. The molecule has 1 aromatic rings. The lowest BCUT2D eigenvalue weighted by Crippen LogP contribution is -2.33. The summed E-state index contributed by atoms with van der Waals surface area (Å²) in [6.45, 7) is 4.09. The molecule has 0 spiro atoms. The van der Waals surface area contributed by atoms with Crippen molar-refractivity contribution in [3.8, 4) is 0 Å². The van der Waals surface area contributed by atoms with Crippen molar-refractivity contribution < 1.29 is 19.1 Å². The molecule has 1 N–H and O–H groups in total. The van der Waals surface area contributed by atoms with Crippen LogP contribution in [0.25, 0.3) is 0 Å². The van der Waals surface area contributed by atoms with Crippen LogP contribution < -0.4 is 5.32 Å². The van der Waals surface area contributed by atoms with E-state index in [0.717, 1.165) is 12.0 Å². The molecular weight excluding hydrogens is 258 g/mol. The third-order valence-electron chi connectivity index (χ3n) is 3.17. The Morgan fingerprint density at radius 3 is 2.65 bits per heavy atom. The molecule has 1 aliphatic heterocycles. The van der Waals surface area contributed by atoms with Crippen molar-refractivity contribution in [1.82, 2.24) is 0 Å². The number of ether oxygens (including phenoxy) is 2. The van der Waals surface area contributed by atoms with E-state index < -0.39 is 18.2 Å². The molecule has 1 fully saturated rings. The van der Waals surface area contributed by atoms with Crippen LogP contribution in [0.5, 0.6) is 0 Å². The molecule has 1 amide bonds. The molecule has 108 valence electrons. The van der Waals surface area contributed by atoms with E-state index in [9.17, 15) is 9.59 Å². The molecule has 0 bridgehead atoms. The normalized spacial score (nSPS) is 19.4. The fraction of sp³-hybridized carbons (Fsp3) is 0.467. The van der Waals surface area contributed by atoms with Crippen molar-refractivity contribution in [3.63, 3.8) is 0 Å². The van der Waals surface area contributed by atoms with Crippen molar-refractivity contribution in [1.29, 1.82) is 0 Å². The summed E-state index contributed by atoms with van der Waals surface area (Å²) in [6.07, 6.45) is 0.145. The molecule has 0 aliphatic carbocycles. The zero-order valence-corrected chi connectivity index (χ0v) is 11.7. The Kier molecular flexibility index (Phi) is 4.74. The zero-order chi connectivity index (χ0) is 14.5. The van der Waals surface area contributed by atoms with Crippen LogP contribution in [0.4, 0.5) is 5.69 Å². The molecule has 0 saturated carbocycles. The second-order valence-corrected chi connectivity index (χ2v) is 4.94. The van der Waals surface area contributed by atoms with Crippen LogP contribution in [-0.4, -0.2) is 30.7 Å². The van der Waals surface area contributed by atoms with Gasteiger partial charge in [-0.1, -0.05) is 17.7 Å². The Bertz CT molecular complexity index is 477. The standard InChI is InChI=1S/C15H19NO4/c1-10-5-7-12(8-6-10)16-14(17)11(2)20-15(18)13-4-3-9-19-13/h5-8,11,13H,3-4,9H2,1-2H3,(H,16,17)/t11-,13-/m0/s1. The van der Waals surface area contributed by atoms with Gasteiger partial charge in [0.2, 0.25) is 0 Å². The number of carbonyl (C=O) groups excluding carboxylic acids is 2. The fourth-order valence-electron chi connectivity index (χ4n) is 1.95. The van der Waals surface area contributed by atoms with Crippen LogP contribution in [0.2, 0.25) is 0 Å². The van der Waals surface area contributed by atoms with Gasteiger partial charge in [0.1, 0.15) is 0 Å². The Balaban J connectivity index is 1.85. The third-order valence-corrected chi connectivity index (χ3v) is 3.17. The molecule has 5 nitrogen and oxygen atoms in total. The molecule has 0 radical (unpaired) electrons. The van der Waals surface area contributed by atoms with E-state index in [1.807, 2.05) is 31.2 Å². The SMILES string of the molecule is Cc1ccc(NC(=O)[C@H](C)OC(=O)[C@@H]2CCCO2)cc1. The summed E-state index contributed by atoms with van der Waals surface area (Å²) >= 11 is 0. The molecule has 20 heavy (non-hydrogen) atoms. The molecule has 5 heteroatoms. The van der Waals surface area contributed by atoms with Crippen LogP contribution in [0.15, 0.2) is 24.3 Å². The third kappa shape index (κ3) is 3.81. The number of carbonyl (C=O) groups is 2. The van der Waals surface area contributed by atoms with Crippen molar-refractivity contribution in [2.75, 3.05) is 11.9 Å². The largest absolute Gasteiger partial charge is 0.451 e. The van der Waals surface area contributed by atoms with Crippen molar-refractivity contribution in [2.24, 2.45) is 0 Å². The van der Waals surface area contributed by atoms with Gasteiger partial charge >= 0.3 is 5.97 Å². The number of hydrogen-bond acceptors (Lipinski definition) is 4. The summed E-state index contributed by atoms with van der Waals surface area (Å²) in [5.74, 6) is -0.811. The summed E-state index contributed by atoms with van der Waals surface area (Å²) in [4.78, 5) is 23.6. The Labute approximate surface area is 118 Å². The molecule has 1 aliphatic rings. The maximum Gasteiger partial charge on any atom is 0.336 e. The van der Waals surface area contributed by atoms with Gasteiger partial charge in [-0.2, -0.15) is 0 Å². The smallest absolute Gasteiger partial charge is 0.336 e. The number of anilines is 1. The lowest BCUT2D eigenvalue weighted by atomic mass is 10.2. The minimum Gasteiger partial charge on any atom is -0.451 e. The maximum atomic E-state index is 11.9. The van der Waals surface area contributed by atoms with Crippen LogP contribution >= 0.6 is 0 Å². The number of benzene rings is 1. The van der Waals surface area contributed by atoms with Gasteiger partial charge in [-0.3, -0.25) is 4.79 Å². The highest BCUT2D eigenvalue weighted by Gasteiger charge is 2.28. The number of hydrogen-bond donors (Lipinski definition) is 1. The van der Waals surface area contributed by atoms with Crippen molar-refractivity contribution in [3.05, 3.63) is 29.8 Å². The molecular formula is C15H19NO4. The zero-order valence-electron chi connectivity index (χ0n) is 11.7. The predicted molar refractivity (Wildman–Crippen MR) is 74.3 cm³/mol. The first-order valence-electron chi connectivity index (χ1n) is 6.76. The topological polar surface area (TPSA) is 64.6 Å². The molecule has 2 atom stereocenters. The number of nitrogens with one attached hydrogen (secondary N) is 1. The highest BCUT2D eigenvalue weighted by Crippen LogP contribution is 2.15. The summed E-state index contributed by atoms with van der Waals surface area (Å²) in [7, 11) is 0. The Hall–Kier alpha value is -1.88. The molecule has 0 aromatic heterocycles. The second-order valence-electron chi connectivity index (χ2n) is 4.94. The van der Waals surface area contributed by atoms with Crippen LogP contribution in [0, 0.1) is 6.92 Å². The van der Waals surface area contributed by atoms with Gasteiger partial charge in [-0.15, -0.1) is 0 Å². The van der Waals surface area contributed by atoms with Gasteiger partial charge < -0.3 is 14.8 Å². The van der Waals surface area contributed by atoms with Gasteiger partial charge in [0.25, 0.3) is 5.91 Å². The average molecular weight is 277 g/mol. The molecule has 0 unspecified atom stereocenters. The second kappa shape index (κ2) is 6.52. The van der Waals surface area contributed by atoms with Gasteiger partial charge in [0.15, 0.2) is 12.2 Å². The van der Waals surface area contributed by atoms with Crippen LogP contribution in [0.3, 0.4) is 0 Å². The van der Waals surface area contributed by atoms with E-state index >= 15 is 0 Å². The number of rotatable bonds is 4. The van der Waals surface area contributed by atoms with E-state index in [0.29, 0.717) is 18.7 Å². The summed E-state index contributed by atoms with van der Waals surface area (Å²) in [5, 5.41) is 2.71. The van der Waals surface area contributed by atoms with E-state index in [1.54, 1.807) is 6.92 Å². The van der Waals surface area contributed by atoms with E-state index in [4.69, 9.17) is 9.47 Å². The molecule has 1 heterocycles. The van der Waals surface area contributed by atoms with Crippen LogP contribution in [0.1, 0.15) is 25.3 Å². The van der Waals surface area contributed by atoms with E-state index in [2.05, 4.69) is 5.32 Å². The minimum absolute atomic E-state index is 0.347. The number of aryl methyl sites for hydroxylation is 1. The monoisotopic (exact) mass is 277 g/mol. The molecule has 1 aromatic carbocycles. The van der Waals surface area contributed by atoms with Crippen LogP contribution in [-0.2, 0) is 19.1 Å². The first kappa shape index (κ1) is 14.5. The maximum absolute atomic E-state index is 11.9. The minimum atomic E-state index is -0.840. The lowest BCUT2D eigenvalue weighted by molar-refractivity contribution is -0.162. The summed E-state index contributed by atoms with van der Waals surface area (Å²) in [5.41, 5.74) is 1.79. The highest BCUT2D eigenvalue weighted by molar-refractivity contribution is 5.95. The van der Waals surface area contributed by atoms with Gasteiger partial charge in [-0.05, 0) is 38.8 Å². The molecule has 2 rings (SSSR count). The average Bonchev–Trinajstić information content (AvgIpc) is 2.95. The first-order chi connectivity index (χ1) is 9.56.